The van der Waals surface area contributed by atoms with Gasteiger partial charge in [-0.25, -0.2) is 4.98 Å². The third kappa shape index (κ3) is 5.01. The minimum absolute atomic E-state index is 0.0933. The van der Waals surface area contributed by atoms with Crippen LogP contribution in [-0.2, 0) is 17.8 Å². The Bertz CT molecular complexity index is 1050. The highest BCUT2D eigenvalue weighted by atomic mass is 16.5. The van der Waals surface area contributed by atoms with Crippen LogP contribution in [0.15, 0.2) is 65.7 Å². The number of ether oxygens (including phenoxy) is 2. The first kappa shape index (κ1) is 20.1. The van der Waals surface area contributed by atoms with Crippen LogP contribution in [-0.4, -0.2) is 36.2 Å². The van der Waals surface area contributed by atoms with Crippen molar-refractivity contribution < 1.29 is 14.3 Å². The fourth-order valence-electron chi connectivity index (χ4n) is 3.00. The Morgan fingerprint density at radius 3 is 2.45 bits per heavy atom. The second-order valence-electron chi connectivity index (χ2n) is 6.35. The molecule has 1 amide bonds. The van der Waals surface area contributed by atoms with Gasteiger partial charge in [-0.15, -0.1) is 0 Å². The molecular formula is C22H23N3O4. The Morgan fingerprint density at radius 1 is 1.03 bits per heavy atom. The maximum Gasteiger partial charge on any atom is 0.254 e. The van der Waals surface area contributed by atoms with E-state index < -0.39 is 0 Å². The van der Waals surface area contributed by atoms with Crippen LogP contribution in [0.1, 0.15) is 5.56 Å². The zero-order valence-electron chi connectivity index (χ0n) is 16.4. The van der Waals surface area contributed by atoms with Gasteiger partial charge < -0.3 is 14.8 Å². The molecule has 3 rings (SSSR count). The van der Waals surface area contributed by atoms with Crippen LogP contribution in [0.25, 0.3) is 11.3 Å². The number of carbonyl (C=O) groups excluding carboxylic acids is 1. The van der Waals surface area contributed by atoms with Crippen LogP contribution in [0.2, 0.25) is 0 Å². The number of amides is 1. The van der Waals surface area contributed by atoms with E-state index in [1.54, 1.807) is 20.3 Å². The van der Waals surface area contributed by atoms with Gasteiger partial charge in [0, 0.05) is 18.2 Å². The molecule has 1 aromatic heterocycles. The molecule has 0 saturated carbocycles. The minimum Gasteiger partial charge on any atom is -0.496 e. The highest BCUT2D eigenvalue weighted by Crippen LogP contribution is 2.26. The number of carbonyl (C=O) groups is 1. The lowest BCUT2D eigenvalue weighted by Gasteiger charge is -2.11. The van der Waals surface area contributed by atoms with Crippen LogP contribution in [0, 0.1) is 0 Å². The number of rotatable bonds is 8. The van der Waals surface area contributed by atoms with Gasteiger partial charge in [-0.05, 0) is 30.2 Å². The summed E-state index contributed by atoms with van der Waals surface area (Å²) in [5.41, 5.74) is 1.93. The molecular weight excluding hydrogens is 370 g/mol. The molecule has 7 heteroatoms. The smallest absolute Gasteiger partial charge is 0.254 e. The van der Waals surface area contributed by atoms with Crippen LogP contribution in [0.5, 0.6) is 11.5 Å². The molecule has 0 spiro atoms. The van der Waals surface area contributed by atoms with Crippen molar-refractivity contribution in [2.24, 2.45) is 0 Å². The first-order valence-corrected chi connectivity index (χ1v) is 9.21. The van der Waals surface area contributed by atoms with Crippen LogP contribution >= 0.6 is 0 Å². The van der Waals surface area contributed by atoms with Gasteiger partial charge in [0.25, 0.3) is 5.56 Å². The molecule has 0 bridgehead atoms. The van der Waals surface area contributed by atoms with Crippen molar-refractivity contribution >= 4 is 5.91 Å². The number of para-hydroxylation sites is 2. The molecule has 29 heavy (non-hydrogen) atoms. The molecule has 150 valence electrons. The van der Waals surface area contributed by atoms with E-state index in [2.05, 4.69) is 10.3 Å². The first-order chi connectivity index (χ1) is 14.1. The van der Waals surface area contributed by atoms with Crippen LogP contribution in [0.3, 0.4) is 0 Å². The lowest BCUT2D eigenvalue weighted by molar-refractivity contribution is -0.121. The lowest BCUT2D eigenvalue weighted by Crippen LogP contribution is -2.33. The zero-order valence-corrected chi connectivity index (χ0v) is 16.4. The van der Waals surface area contributed by atoms with Gasteiger partial charge >= 0.3 is 0 Å². The highest BCUT2D eigenvalue weighted by molar-refractivity contribution is 5.75. The number of nitrogens with one attached hydrogen (secondary N) is 1. The van der Waals surface area contributed by atoms with Crippen molar-refractivity contribution in [1.29, 1.82) is 0 Å². The zero-order chi connectivity index (χ0) is 20.6. The number of hydrogen-bond acceptors (Lipinski definition) is 5. The molecule has 3 aromatic rings. The van der Waals surface area contributed by atoms with Crippen LogP contribution in [0.4, 0.5) is 0 Å². The first-order valence-electron chi connectivity index (χ1n) is 9.21. The fraction of sp³-hybridized carbons (Fsp3) is 0.227. The van der Waals surface area contributed by atoms with E-state index in [0.717, 1.165) is 16.9 Å². The van der Waals surface area contributed by atoms with Crippen LogP contribution < -0.4 is 20.3 Å². The maximum absolute atomic E-state index is 12.4. The molecule has 0 fully saturated rings. The molecule has 1 heterocycles. The topological polar surface area (TPSA) is 82.4 Å². The van der Waals surface area contributed by atoms with E-state index >= 15 is 0 Å². The van der Waals surface area contributed by atoms with Gasteiger partial charge in [-0.2, -0.15) is 0 Å². The van der Waals surface area contributed by atoms with E-state index in [0.29, 0.717) is 24.4 Å². The van der Waals surface area contributed by atoms with Crippen molar-refractivity contribution in [3.05, 3.63) is 76.8 Å². The van der Waals surface area contributed by atoms with Gasteiger partial charge in [0.15, 0.2) is 0 Å². The van der Waals surface area contributed by atoms with Crippen molar-refractivity contribution in [3.8, 4) is 22.8 Å². The molecule has 0 aliphatic heterocycles. The summed E-state index contributed by atoms with van der Waals surface area (Å²) >= 11 is 0. The quantitative estimate of drug-likeness (QED) is 0.635. The average molecular weight is 393 g/mol. The van der Waals surface area contributed by atoms with E-state index in [-0.39, 0.29) is 18.0 Å². The summed E-state index contributed by atoms with van der Waals surface area (Å²) in [7, 11) is 3.18. The van der Waals surface area contributed by atoms with Crippen molar-refractivity contribution in [2.75, 3.05) is 20.8 Å². The summed E-state index contributed by atoms with van der Waals surface area (Å²) in [6.07, 6.45) is 2.01. The van der Waals surface area contributed by atoms with Gasteiger partial charge in [0.2, 0.25) is 5.91 Å². The Balaban J connectivity index is 1.61. The maximum atomic E-state index is 12.4. The molecule has 2 aromatic carbocycles. The number of aromatic nitrogens is 2. The molecule has 0 radical (unpaired) electrons. The SMILES string of the molecule is COc1ccccc1CCNC(=O)Cn1cnc(-c2ccccc2OC)cc1=O. The Labute approximate surface area is 168 Å². The standard InChI is InChI=1S/C22H23N3O4/c1-28-19-9-5-3-7-16(19)11-12-23-21(26)14-25-15-24-18(13-22(25)27)17-8-4-6-10-20(17)29-2/h3-10,13,15H,11-12,14H2,1-2H3,(H,23,26). The Hall–Kier alpha value is -3.61. The van der Waals surface area contributed by atoms with Gasteiger partial charge in [-0.1, -0.05) is 30.3 Å². The van der Waals surface area contributed by atoms with Gasteiger partial charge in [0.05, 0.1) is 26.2 Å². The van der Waals surface area contributed by atoms with Crippen molar-refractivity contribution in [3.63, 3.8) is 0 Å². The van der Waals surface area contributed by atoms with Crippen molar-refractivity contribution in [1.82, 2.24) is 14.9 Å². The number of nitrogens with zero attached hydrogens (tertiary/aromatic N) is 2. The number of benzene rings is 2. The minimum atomic E-state index is -0.305. The summed E-state index contributed by atoms with van der Waals surface area (Å²) in [6.45, 7) is 0.352. The van der Waals surface area contributed by atoms with E-state index in [1.807, 2.05) is 42.5 Å². The average Bonchev–Trinajstić information content (AvgIpc) is 2.75. The summed E-state index contributed by atoms with van der Waals surface area (Å²) in [5.74, 6) is 1.16. The van der Waals surface area contributed by atoms with Crippen molar-refractivity contribution in [2.45, 2.75) is 13.0 Å². The lowest BCUT2D eigenvalue weighted by atomic mass is 10.1. The molecule has 0 aliphatic rings. The fourth-order valence-corrected chi connectivity index (χ4v) is 3.00. The summed E-state index contributed by atoms with van der Waals surface area (Å²) < 4.78 is 11.9. The van der Waals surface area contributed by atoms with E-state index in [9.17, 15) is 9.59 Å². The van der Waals surface area contributed by atoms with Gasteiger partial charge in [-0.3, -0.25) is 14.2 Å². The second-order valence-corrected chi connectivity index (χ2v) is 6.35. The summed E-state index contributed by atoms with van der Waals surface area (Å²) in [6, 6.07) is 16.4. The molecule has 0 atom stereocenters. The molecule has 0 unspecified atom stereocenters. The molecule has 0 aliphatic carbocycles. The third-order valence-corrected chi connectivity index (χ3v) is 4.49. The van der Waals surface area contributed by atoms with E-state index in [1.165, 1.54) is 17.0 Å². The van der Waals surface area contributed by atoms with E-state index in [4.69, 9.17) is 9.47 Å². The summed E-state index contributed by atoms with van der Waals surface area (Å²) in [5, 5.41) is 2.82. The van der Waals surface area contributed by atoms with Gasteiger partial charge in [0.1, 0.15) is 18.0 Å². The number of methoxy groups -OCH3 is 2. The molecule has 1 N–H and O–H groups in total. The highest BCUT2D eigenvalue weighted by Gasteiger charge is 2.10. The third-order valence-electron chi connectivity index (χ3n) is 4.49. The largest absolute Gasteiger partial charge is 0.496 e. The monoisotopic (exact) mass is 393 g/mol. The second kappa shape index (κ2) is 9.54. The predicted octanol–water partition coefficient (Wildman–Crippen LogP) is 2.29. The Kier molecular flexibility index (Phi) is 6.63. The number of hydrogen-bond donors (Lipinski definition) is 1. The normalized spacial score (nSPS) is 10.4. The molecule has 7 nitrogen and oxygen atoms in total. The predicted molar refractivity (Wildman–Crippen MR) is 110 cm³/mol. The Morgan fingerprint density at radius 2 is 1.72 bits per heavy atom. The molecule has 0 saturated heterocycles. The summed E-state index contributed by atoms with van der Waals surface area (Å²) in [4.78, 5) is 28.9.